The van der Waals surface area contributed by atoms with Gasteiger partial charge in [-0.15, -0.1) is 6.58 Å². The molecule has 140 valence electrons. The van der Waals surface area contributed by atoms with Crippen LogP contribution in [0.2, 0.25) is 0 Å². The Morgan fingerprint density at radius 2 is 2.11 bits per heavy atom. The minimum Gasteiger partial charge on any atom is -0.361 e. The molecule has 0 unspecified atom stereocenters. The highest BCUT2D eigenvalue weighted by molar-refractivity contribution is 7.99. The number of allylic oxidation sites excluding steroid dienone is 1. The number of aromatic nitrogens is 3. The van der Waals surface area contributed by atoms with E-state index in [1.54, 1.807) is 18.2 Å². The second-order valence-electron chi connectivity index (χ2n) is 6.23. The van der Waals surface area contributed by atoms with Gasteiger partial charge in [0, 0.05) is 23.9 Å². The summed E-state index contributed by atoms with van der Waals surface area (Å²) in [5, 5.41) is 5.02. The molecular formula is C21H18N4O2S. The molecule has 1 amide bonds. The van der Waals surface area contributed by atoms with Crippen LogP contribution in [0.3, 0.4) is 0 Å². The zero-order valence-corrected chi connectivity index (χ0v) is 15.8. The van der Waals surface area contributed by atoms with Crippen molar-refractivity contribution in [2.45, 2.75) is 11.7 Å². The predicted molar refractivity (Wildman–Crippen MR) is 114 cm³/mol. The lowest BCUT2D eigenvalue weighted by molar-refractivity contribution is -0.113. The van der Waals surface area contributed by atoms with Gasteiger partial charge in [-0.3, -0.25) is 14.2 Å². The summed E-state index contributed by atoms with van der Waals surface area (Å²) >= 11 is 1.23. The van der Waals surface area contributed by atoms with Crippen molar-refractivity contribution in [2.75, 3.05) is 11.1 Å². The van der Waals surface area contributed by atoms with E-state index in [2.05, 4.69) is 21.9 Å². The number of para-hydroxylation sites is 1. The minimum absolute atomic E-state index is 0.134. The van der Waals surface area contributed by atoms with Gasteiger partial charge in [-0.2, -0.15) is 0 Å². The molecule has 0 saturated carbocycles. The van der Waals surface area contributed by atoms with Crippen LogP contribution in [-0.2, 0) is 11.3 Å². The molecule has 0 aliphatic carbocycles. The Kier molecular flexibility index (Phi) is 4.99. The van der Waals surface area contributed by atoms with Crippen molar-refractivity contribution in [1.29, 1.82) is 0 Å². The zero-order chi connectivity index (χ0) is 19.5. The van der Waals surface area contributed by atoms with Crippen molar-refractivity contribution >= 4 is 45.2 Å². The van der Waals surface area contributed by atoms with Crippen LogP contribution in [-0.4, -0.2) is 26.2 Å². The van der Waals surface area contributed by atoms with E-state index in [4.69, 9.17) is 0 Å². The molecule has 2 heterocycles. The third-order valence-corrected chi connectivity index (χ3v) is 5.29. The summed E-state index contributed by atoms with van der Waals surface area (Å²) in [7, 11) is 0. The molecule has 0 atom stereocenters. The Morgan fingerprint density at radius 1 is 1.25 bits per heavy atom. The van der Waals surface area contributed by atoms with Gasteiger partial charge >= 0.3 is 0 Å². The number of nitrogens with zero attached hydrogens (tertiary/aromatic N) is 2. The smallest absolute Gasteiger partial charge is 0.262 e. The summed E-state index contributed by atoms with van der Waals surface area (Å²) < 4.78 is 1.54. The number of rotatable bonds is 6. The number of thioether (sulfide) groups is 1. The highest BCUT2D eigenvalue weighted by Gasteiger charge is 2.12. The quantitative estimate of drug-likeness (QED) is 0.298. The summed E-state index contributed by atoms with van der Waals surface area (Å²) in [6.45, 7) is 4.05. The van der Waals surface area contributed by atoms with Gasteiger partial charge in [0.05, 0.1) is 16.7 Å². The van der Waals surface area contributed by atoms with Gasteiger partial charge in [0.1, 0.15) is 0 Å². The van der Waals surface area contributed by atoms with E-state index >= 15 is 0 Å². The van der Waals surface area contributed by atoms with Crippen LogP contribution in [0.25, 0.3) is 21.8 Å². The highest BCUT2D eigenvalue weighted by Crippen LogP contribution is 2.20. The van der Waals surface area contributed by atoms with Crippen molar-refractivity contribution in [3.8, 4) is 0 Å². The number of anilines is 1. The molecule has 7 heteroatoms. The lowest BCUT2D eigenvalue weighted by atomic mass is 10.2. The maximum Gasteiger partial charge on any atom is 0.262 e. The van der Waals surface area contributed by atoms with Crippen molar-refractivity contribution in [2.24, 2.45) is 0 Å². The second-order valence-corrected chi connectivity index (χ2v) is 7.18. The number of carbonyl (C=O) groups excluding carboxylic acids is 1. The first-order valence-corrected chi connectivity index (χ1v) is 9.74. The van der Waals surface area contributed by atoms with Crippen LogP contribution in [0, 0.1) is 0 Å². The van der Waals surface area contributed by atoms with E-state index in [1.165, 1.54) is 16.3 Å². The molecule has 28 heavy (non-hydrogen) atoms. The van der Waals surface area contributed by atoms with Gasteiger partial charge in [-0.1, -0.05) is 36.0 Å². The Bertz CT molecular complexity index is 1240. The molecule has 0 aliphatic heterocycles. The van der Waals surface area contributed by atoms with Gasteiger partial charge in [-0.05, 0) is 35.7 Å². The first-order chi connectivity index (χ1) is 13.7. The third kappa shape index (κ3) is 3.57. The van der Waals surface area contributed by atoms with Gasteiger partial charge in [-0.25, -0.2) is 4.98 Å². The molecule has 2 aromatic heterocycles. The Labute approximate surface area is 165 Å². The normalized spacial score (nSPS) is 11.0. The van der Waals surface area contributed by atoms with Crippen LogP contribution in [0.5, 0.6) is 0 Å². The zero-order valence-electron chi connectivity index (χ0n) is 15.0. The molecular weight excluding hydrogens is 372 g/mol. The fourth-order valence-electron chi connectivity index (χ4n) is 3.00. The minimum atomic E-state index is -0.163. The second kappa shape index (κ2) is 7.74. The fourth-order valence-corrected chi connectivity index (χ4v) is 3.81. The Morgan fingerprint density at radius 3 is 2.96 bits per heavy atom. The van der Waals surface area contributed by atoms with Crippen molar-refractivity contribution in [3.63, 3.8) is 0 Å². The number of H-pyrrole nitrogens is 1. The standard InChI is InChI=1S/C21H18N4O2S/c1-2-11-25-20(27)16-5-3-4-6-17(16)24-21(25)28-13-19(26)23-15-8-7-14-9-10-22-18(14)12-15/h2-10,12,22H,1,11,13H2,(H,23,26). The summed E-state index contributed by atoms with van der Waals surface area (Å²) in [4.78, 5) is 32.8. The molecule has 0 fully saturated rings. The summed E-state index contributed by atoms with van der Waals surface area (Å²) in [5.41, 5.74) is 2.16. The summed E-state index contributed by atoms with van der Waals surface area (Å²) in [6, 6.07) is 14.9. The molecule has 0 aliphatic rings. The molecule has 6 nitrogen and oxygen atoms in total. The Balaban J connectivity index is 1.54. The van der Waals surface area contributed by atoms with Crippen LogP contribution in [0.15, 0.2) is 77.3 Å². The van der Waals surface area contributed by atoms with Crippen molar-refractivity contribution in [3.05, 3.63) is 77.7 Å². The predicted octanol–water partition coefficient (Wildman–Crippen LogP) is 3.79. The highest BCUT2D eigenvalue weighted by atomic mass is 32.2. The number of fused-ring (bicyclic) bond motifs is 2. The van der Waals surface area contributed by atoms with Crippen LogP contribution >= 0.6 is 11.8 Å². The maximum absolute atomic E-state index is 12.7. The van der Waals surface area contributed by atoms with Gasteiger partial charge < -0.3 is 10.3 Å². The number of amides is 1. The summed E-state index contributed by atoms with van der Waals surface area (Å²) in [5.74, 6) is -0.0199. The number of aromatic amines is 1. The van der Waals surface area contributed by atoms with Crippen molar-refractivity contribution in [1.82, 2.24) is 14.5 Å². The monoisotopic (exact) mass is 390 g/mol. The van der Waals surface area contributed by atoms with E-state index in [1.807, 2.05) is 42.6 Å². The molecule has 0 bridgehead atoms. The Hall–Kier alpha value is -3.32. The molecule has 4 rings (SSSR count). The first kappa shape index (κ1) is 18.1. The summed E-state index contributed by atoms with van der Waals surface area (Å²) in [6.07, 6.45) is 3.50. The molecule has 2 aromatic carbocycles. The molecule has 0 saturated heterocycles. The van der Waals surface area contributed by atoms with E-state index in [9.17, 15) is 9.59 Å². The van der Waals surface area contributed by atoms with Gasteiger partial charge in [0.15, 0.2) is 5.16 Å². The lowest BCUT2D eigenvalue weighted by Gasteiger charge is -2.11. The van der Waals surface area contributed by atoms with E-state index in [0.29, 0.717) is 22.6 Å². The number of carbonyl (C=O) groups is 1. The number of hydrogen-bond acceptors (Lipinski definition) is 4. The number of nitrogens with one attached hydrogen (secondary N) is 2. The largest absolute Gasteiger partial charge is 0.361 e. The average molecular weight is 390 g/mol. The molecule has 2 N–H and O–H groups in total. The van der Waals surface area contributed by atoms with Gasteiger partial charge in [0.2, 0.25) is 5.91 Å². The maximum atomic E-state index is 12.7. The number of benzene rings is 2. The SMILES string of the molecule is C=CCn1c(SCC(=O)Nc2ccc3cc[nH]c3c2)nc2ccccc2c1=O. The van der Waals surface area contributed by atoms with Crippen LogP contribution < -0.4 is 10.9 Å². The van der Waals surface area contributed by atoms with Crippen LogP contribution in [0.4, 0.5) is 5.69 Å². The number of hydrogen-bond donors (Lipinski definition) is 2. The van der Waals surface area contributed by atoms with Crippen molar-refractivity contribution < 1.29 is 4.79 Å². The van der Waals surface area contributed by atoms with Crippen LogP contribution in [0.1, 0.15) is 0 Å². The third-order valence-electron chi connectivity index (χ3n) is 4.31. The van der Waals surface area contributed by atoms with E-state index < -0.39 is 0 Å². The van der Waals surface area contributed by atoms with E-state index in [0.717, 1.165) is 16.6 Å². The van der Waals surface area contributed by atoms with E-state index in [-0.39, 0.29) is 17.2 Å². The molecule has 0 radical (unpaired) electrons. The fraction of sp³-hybridized carbons (Fsp3) is 0.0952. The first-order valence-electron chi connectivity index (χ1n) is 8.76. The molecule has 4 aromatic rings. The lowest BCUT2D eigenvalue weighted by Crippen LogP contribution is -2.23. The topological polar surface area (TPSA) is 79.8 Å². The molecule has 0 spiro atoms. The average Bonchev–Trinajstić information content (AvgIpc) is 3.17. The van der Waals surface area contributed by atoms with Gasteiger partial charge in [0.25, 0.3) is 5.56 Å².